The zero-order chi connectivity index (χ0) is 13.2. The van der Waals surface area contributed by atoms with Crippen molar-refractivity contribution < 1.29 is 9.53 Å². The first-order valence-electron chi connectivity index (χ1n) is 5.82. The maximum Gasteiger partial charge on any atom is 0.272 e. The Bertz CT molecular complexity index is 660. The minimum absolute atomic E-state index is 0.170. The van der Waals surface area contributed by atoms with Gasteiger partial charge in [0, 0.05) is 11.6 Å². The first-order chi connectivity index (χ1) is 9.24. The van der Waals surface area contributed by atoms with Gasteiger partial charge >= 0.3 is 0 Å². The van der Waals surface area contributed by atoms with Crippen LogP contribution in [0.3, 0.4) is 0 Å². The van der Waals surface area contributed by atoms with Crippen molar-refractivity contribution >= 4 is 5.91 Å². The number of nitrogens with zero attached hydrogens (tertiary/aromatic N) is 1. The molecule has 0 saturated carbocycles. The molecule has 1 aromatic heterocycles. The maximum atomic E-state index is 12.0. The number of hydrogen-bond donors (Lipinski definition) is 2. The van der Waals surface area contributed by atoms with E-state index in [-0.39, 0.29) is 23.2 Å². The molecule has 1 aromatic carbocycles. The second kappa shape index (κ2) is 4.56. The Morgan fingerprint density at radius 3 is 2.95 bits per heavy atom. The first kappa shape index (κ1) is 11.5. The minimum Gasteiger partial charge on any atom is -0.491 e. The highest BCUT2D eigenvalue weighted by Gasteiger charge is 2.25. The monoisotopic (exact) mass is 257 g/mol. The number of para-hydroxylation sites is 1. The Morgan fingerprint density at radius 2 is 2.16 bits per heavy atom. The maximum absolute atomic E-state index is 12.0. The number of amides is 1. The van der Waals surface area contributed by atoms with Crippen LogP contribution in [0.2, 0.25) is 0 Å². The number of H-pyrrole nitrogens is 1. The predicted molar refractivity (Wildman–Crippen MR) is 67.0 cm³/mol. The molecule has 2 aromatic rings. The lowest BCUT2D eigenvalue weighted by Crippen LogP contribution is -2.30. The van der Waals surface area contributed by atoms with Crippen molar-refractivity contribution in [1.29, 1.82) is 0 Å². The summed E-state index contributed by atoms with van der Waals surface area (Å²) >= 11 is 0. The molecule has 1 aliphatic heterocycles. The quantitative estimate of drug-likeness (QED) is 0.826. The molecule has 6 nitrogen and oxygen atoms in total. The predicted octanol–water partition coefficient (Wildman–Crippen LogP) is 0.633. The summed E-state index contributed by atoms with van der Waals surface area (Å²) in [5, 5.41) is 8.74. The topological polar surface area (TPSA) is 84.1 Å². The van der Waals surface area contributed by atoms with E-state index in [4.69, 9.17) is 4.74 Å². The smallest absolute Gasteiger partial charge is 0.272 e. The van der Waals surface area contributed by atoms with Crippen molar-refractivity contribution in [1.82, 2.24) is 15.5 Å². The highest BCUT2D eigenvalue weighted by atomic mass is 16.5. The lowest BCUT2D eigenvalue weighted by atomic mass is 10.1. The largest absolute Gasteiger partial charge is 0.491 e. The molecule has 6 heteroatoms. The first-order valence-corrected chi connectivity index (χ1v) is 5.82. The van der Waals surface area contributed by atoms with Crippen molar-refractivity contribution in [2.45, 2.75) is 6.04 Å². The van der Waals surface area contributed by atoms with Crippen LogP contribution in [-0.2, 0) is 0 Å². The summed E-state index contributed by atoms with van der Waals surface area (Å²) in [6.07, 6.45) is 0. The fraction of sp³-hybridized carbons (Fsp3) is 0.154. The van der Waals surface area contributed by atoms with Gasteiger partial charge in [0.25, 0.3) is 11.5 Å². The number of benzene rings is 1. The zero-order valence-corrected chi connectivity index (χ0v) is 9.92. The van der Waals surface area contributed by atoms with Gasteiger partial charge in [-0.15, -0.1) is 0 Å². The third kappa shape index (κ3) is 2.20. The summed E-state index contributed by atoms with van der Waals surface area (Å²) < 4.78 is 5.47. The van der Waals surface area contributed by atoms with E-state index in [2.05, 4.69) is 15.5 Å². The molecular weight excluding hydrogens is 246 g/mol. The summed E-state index contributed by atoms with van der Waals surface area (Å²) in [4.78, 5) is 22.9. The van der Waals surface area contributed by atoms with Gasteiger partial charge in [-0.1, -0.05) is 18.2 Å². The van der Waals surface area contributed by atoms with Crippen LogP contribution in [0.15, 0.2) is 41.2 Å². The Hall–Kier alpha value is -2.63. The van der Waals surface area contributed by atoms with Crippen molar-refractivity contribution in [3.05, 3.63) is 58.0 Å². The Labute approximate surface area is 108 Å². The molecule has 1 atom stereocenters. The number of carbonyl (C=O) groups is 1. The average Bonchev–Trinajstić information content (AvgIpc) is 2.83. The molecule has 1 amide bonds. The molecule has 0 spiro atoms. The van der Waals surface area contributed by atoms with E-state index in [0.717, 1.165) is 11.3 Å². The zero-order valence-electron chi connectivity index (χ0n) is 9.92. The van der Waals surface area contributed by atoms with Crippen molar-refractivity contribution in [2.75, 3.05) is 6.61 Å². The summed E-state index contributed by atoms with van der Waals surface area (Å²) in [7, 11) is 0. The minimum atomic E-state index is -0.346. The standard InChI is InChI=1S/C13H11N3O3/c17-12-6-5-9(15-16-12)13(18)14-10-7-19-11-4-2-1-3-8(10)11/h1-6,10H,7H2,(H,14,18)(H,16,17). The molecule has 1 aliphatic rings. The van der Waals surface area contributed by atoms with Crippen LogP contribution in [0.25, 0.3) is 0 Å². The molecule has 3 rings (SSSR count). The molecule has 0 fully saturated rings. The van der Waals surface area contributed by atoms with Crippen LogP contribution in [0.1, 0.15) is 22.1 Å². The van der Waals surface area contributed by atoms with Gasteiger partial charge in [0.05, 0.1) is 6.04 Å². The summed E-state index contributed by atoms with van der Waals surface area (Å²) in [6, 6.07) is 10.00. The van der Waals surface area contributed by atoms with E-state index in [0.29, 0.717) is 6.61 Å². The van der Waals surface area contributed by atoms with Gasteiger partial charge in [-0.25, -0.2) is 5.10 Å². The normalized spacial score (nSPS) is 16.5. The van der Waals surface area contributed by atoms with Crippen molar-refractivity contribution in [3.63, 3.8) is 0 Å². The van der Waals surface area contributed by atoms with Gasteiger partial charge in [0.15, 0.2) is 0 Å². The lowest BCUT2D eigenvalue weighted by molar-refractivity contribution is 0.0924. The van der Waals surface area contributed by atoms with Crippen LogP contribution in [0.4, 0.5) is 0 Å². The molecular formula is C13H11N3O3. The molecule has 19 heavy (non-hydrogen) atoms. The molecule has 2 heterocycles. The number of aromatic nitrogens is 2. The molecule has 0 bridgehead atoms. The van der Waals surface area contributed by atoms with Crippen LogP contribution in [-0.4, -0.2) is 22.7 Å². The average molecular weight is 257 g/mol. The van der Waals surface area contributed by atoms with Gasteiger partial charge in [0.1, 0.15) is 18.1 Å². The Kier molecular flexibility index (Phi) is 2.75. The van der Waals surface area contributed by atoms with Crippen LogP contribution >= 0.6 is 0 Å². The van der Waals surface area contributed by atoms with Crippen LogP contribution in [0.5, 0.6) is 5.75 Å². The third-order valence-corrected chi connectivity index (χ3v) is 2.92. The Morgan fingerprint density at radius 1 is 1.32 bits per heavy atom. The van der Waals surface area contributed by atoms with E-state index in [1.807, 2.05) is 24.3 Å². The van der Waals surface area contributed by atoms with Crippen LogP contribution in [0, 0.1) is 0 Å². The van der Waals surface area contributed by atoms with Crippen molar-refractivity contribution in [2.24, 2.45) is 0 Å². The molecule has 2 N–H and O–H groups in total. The third-order valence-electron chi connectivity index (χ3n) is 2.92. The highest BCUT2D eigenvalue weighted by molar-refractivity contribution is 5.92. The lowest BCUT2D eigenvalue weighted by Gasteiger charge is -2.10. The molecule has 0 radical (unpaired) electrons. The van der Waals surface area contributed by atoms with Gasteiger partial charge in [-0.05, 0) is 12.1 Å². The van der Waals surface area contributed by atoms with Gasteiger partial charge in [-0.3, -0.25) is 9.59 Å². The fourth-order valence-electron chi connectivity index (χ4n) is 1.99. The Balaban J connectivity index is 1.78. The van der Waals surface area contributed by atoms with E-state index >= 15 is 0 Å². The van der Waals surface area contributed by atoms with E-state index in [1.54, 1.807) is 0 Å². The SMILES string of the molecule is O=C(NC1COc2ccccc21)c1ccc(=O)[nH]n1. The van der Waals surface area contributed by atoms with Gasteiger partial charge in [0.2, 0.25) is 0 Å². The summed E-state index contributed by atoms with van der Waals surface area (Å²) in [5.41, 5.74) is 0.773. The van der Waals surface area contributed by atoms with Gasteiger partial charge < -0.3 is 10.1 Å². The number of hydrogen-bond acceptors (Lipinski definition) is 4. The number of nitrogens with one attached hydrogen (secondary N) is 2. The number of ether oxygens (including phenoxy) is 1. The van der Waals surface area contributed by atoms with E-state index in [1.165, 1.54) is 12.1 Å². The van der Waals surface area contributed by atoms with E-state index < -0.39 is 0 Å². The molecule has 0 aliphatic carbocycles. The van der Waals surface area contributed by atoms with E-state index in [9.17, 15) is 9.59 Å². The second-order valence-electron chi connectivity index (χ2n) is 4.18. The summed E-state index contributed by atoms with van der Waals surface area (Å²) in [5.74, 6) is 0.434. The van der Waals surface area contributed by atoms with Crippen molar-refractivity contribution in [3.8, 4) is 5.75 Å². The molecule has 0 saturated heterocycles. The number of rotatable bonds is 2. The highest BCUT2D eigenvalue weighted by Crippen LogP contribution is 2.31. The number of carbonyl (C=O) groups excluding carboxylic acids is 1. The second-order valence-corrected chi connectivity index (χ2v) is 4.18. The number of fused-ring (bicyclic) bond motifs is 1. The number of aromatic amines is 1. The van der Waals surface area contributed by atoms with Crippen LogP contribution < -0.4 is 15.6 Å². The molecule has 96 valence electrons. The van der Waals surface area contributed by atoms with Gasteiger partial charge in [-0.2, -0.15) is 5.10 Å². The molecule has 1 unspecified atom stereocenters. The summed E-state index contributed by atoms with van der Waals surface area (Å²) in [6.45, 7) is 0.397. The fourth-order valence-corrected chi connectivity index (χ4v) is 1.99.